The standard InChI is InChI=1S/C10H14N2O5S2/c1-8-4-6-9(7-5-8)19(16,17)12(3)18(15)11(2)10(13)14/h4-7H,1-3H3,(H,13,14). The van der Waals surface area contributed by atoms with Crippen LogP contribution < -0.4 is 0 Å². The normalized spacial score (nSPS) is 13.3. The summed E-state index contributed by atoms with van der Waals surface area (Å²) in [5.41, 5.74) is 0.880. The van der Waals surface area contributed by atoms with Gasteiger partial charge in [0.15, 0.2) is 0 Å². The van der Waals surface area contributed by atoms with Crippen molar-refractivity contribution in [1.82, 2.24) is 8.02 Å². The van der Waals surface area contributed by atoms with Gasteiger partial charge < -0.3 is 5.11 Å². The van der Waals surface area contributed by atoms with E-state index in [1.54, 1.807) is 19.1 Å². The minimum absolute atomic E-state index is 0.0484. The zero-order valence-corrected chi connectivity index (χ0v) is 12.2. The van der Waals surface area contributed by atoms with Crippen LogP contribution in [0.1, 0.15) is 5.56 Å². The molecule has 1 aromatic carbocycles. The van der Waals surface area contributed by atoms with Gasteiger partial charge in [-0.3, -0.25) is 0 Å². The van der Waals surface area contributed by atoms with E-state index in [0.29, 0.717) is 8.02 Å². The molecule has 0 fully saturated rings. The molecule has 1 atom stereocenters. The summed E-state index contributed by atoms with van der Waals surface area (Å²) in [6, 6.07) is 5.95. The van der Waals surface area contributed by atoms with Crippen molar-refractivity contribution in [2.75, 3.05) is 14.1 Å². The SMILES string of the molecule is Cc1ccc(S(=O)(=O)N(C)S(=O)N(C)C(=O)O)cc1. The van der Waals surface area contributed by atoms with Crippen LogP contribution in [0, 0.1) is 6.92 Å². The number of rotatable bonds is 4. The van der Waals surface area contributed by atoms with E-state index in [4.69, 9.17) is 5.11 Å². The van der Waals surface area contributed by atoms with Crippen molar-refractivity contribution >= 4 is 27.3 Å². The second-order valence-electron chi connectivity index (χ2n) is 3.74. The van der Waals surface area contributed by atoms with Gasteiger partial charge in [0.1, 0.15) is 0 Å². The highest BCUT2D eigenvalue weighted by Gasteiger charge is 2.30. The van der Waals surface area contributed by atoms with E-state index in [0.717, 1.165) is 19.7 Å². The second-order valence-corrected chi connectivity index (χ2v) is 7.50. The molecule has 7 nitrogen and oxygen atoms in total. The molecule has 0 bridgehead atoms. The van der Waals surface area contributed by atoms with Gasteiger partial charge in [-0.05, 0) is 19.1 Å². The molecule has 0 spiro atoms. The molecule has 0 aliphatic carbocycles. The first kappa shape index (κ1) is 15.6. The monoisotopic (exact) mass is 306 g/mol. The number of aryl methyl sites for hydroxylation is 1. The largest absolute Gasteiger partial charge is 0.464 e. The van der Waals surface area contributed by atoms with E-state index in [-0.39, 0.29) is 4.90 Å². The van der Waals surface area contributed by atoms with Crippen molar-refractivity contribution in [3.63, 3.8) is 0 Å². The molecule has 0 heterocycles. The minimum Gasteiger partial charge on any atom is -0.464 e. The molecule has 1 rings (SSSR count). The molecule has 0 radical (unpaired) electrons. The Bertz CT molecular complexity index is 597. The third-order valence-electron chi connectivity index (χ3n) is 2.38. The van der Waals surface area contributed by atoms with Gasteiger partial charge in [-0.2, -0.15) is 0 Å². The number of hydrogen-bond acceptors (Lipinski definition) is 4. The van der Waals surface area contributed by atoms with Gasteiger partial charge in [0.2, 0.25) is 11.2 Å². The average Bonchev–Trinajstić information content (AvgIpc) is 2.36. The summed E-state index contributed by atoms with van der Waals surface area (Å²) in [6.45, 7) is 1.80. The quantitative estimate of drug-likeness (QED) is 0.888. The maximum Gasteiger partial charge on any atom is 0.420 e. The van der Waals surface area contributed by atoms with Crippen LogP contribution in [0.25, 0.3) is 0 Å². The van der Waals surface area contributed by atoms with E-state index in [2.05, 4.69) is 0 Å². The minimum atomic E-state index is -4.01. The Balaban J connectivity index is 3.10. The fraction of sp³-hybridized carbons (Fsp3) is 0.300. The zero-order chi connectivity index (χ0) is 14.8. The fourth-order valence-electron chi connectivity index (χ4n) is 1.18. The van der Waals surface area contributed by atoms with Gasteiger partial charge in [-0.15, -0.1) is 0 Å². The molecular weight excluding hydrogens is 292 g/mol. The molecular formula is C10H14N2O5S2. The van der Waals surface area contributed by atoms with Crippen molar-refractivity contribution in [1.29, 1.82) is 0 Å². The first-order valence-electron chi connectivity index (χ1n) is 5.12. The number of carbonyl (C=O) groups is 1. The number of hydrogen-bond donors (Lipinski definition) is 1. The molecule has 9 heteroatoms. The van der Waals surface area contributed by atoms with E-state index in [9.17, 15) is 17.4 Å². The number of nitrogens with zero attached hydrogens (tertiary/aromatic N) is 2. The van der Waals surface area contributed by atoms with Gasteiger partial charge in [-0.25, -0.2) is 21.7 Å². The first-order chi connectivity index (χ1) is 8.67. The van der Waals surface area contributed by atoms with Gasteiger partial charge in [-0.1, -0.05) is 21.4 Å². The van der Waals surface area contributed by atoms with Crippen molar-refractivity contribution < 1.29 is 22.5 Å². The van der Waals surface area contributed by atoms with E-state index >= 15 is 0 Å². The van der Waals surface area contributed by atoms with Gasteiger partial charge >= 0.3 is 6.09 Å². The van der Waals surface area contributed by atoms with E-state index in [1.807, 2.05) is 0 Å². The summed E-state index contributed by atoms with van der Waals surface area (Å²) < 4.78 is 36.9. The van der Waals surface area contributed by atoms with Crippen LogP contribution in [-0.2, 0) is 21.2 Å². The predicted molar refractivity (Wildman–Crippen MR) is 70.1 cm³/mol. The molecule has 0 saturated heterocycles. The first-order valence-corrected chi connectivity index (χ1v) is 7.62. The Morgan fingerprint density at radius 1 is 1.21 bits per heavy atom. The molecule has 106 valence electrons. The lowest BCUT2D eigenvalue weighted by atomic mass is 10.2. The van der Waals surface area contributed by atoms with Crippen LogP contribution in [0.15, 0.2) is 29.2 Å². The maximum absolute atomic E-state index is 12.1. The number of amides is 1. The smallest absolute Gasteiger partial charge is 0.420 e. The van der Waals surface area contributed by atoms with Gasteiger partial charge in [0.05, 0.1) is 4.90 Å². The molecule has 0 saturated carbocycles. The summed E-state index contributed by atoms with van der Waals surface area (Å²) in [4.78, 5) is 10.6. The topological polar surface area (TPSA) is 95.0 Å². The molecule has 1 aromatic rings. The zero-order valence-electron chi connectivity index (χ0n) is 10.6. The maximum atomic E-state index is 12.1. The van der Waals surface area contributed by atoms with Crippen LogP contribution in [0.2, 0.25) is 0 Å². The third kappa shape index (κ3) is 3.31. The molecule has 1 amide bonds. The van der Waals surface area contributed by atoms with Crippen molar-refractivity contribution in [3.8, 4) is 0 Å². The van der Waals surface area contributed by atoms with Crippen molar-refractivity contribution in [2.24, 2.45) is 0 Å². The van der Waals surface area contributed by atoms with E-state index < -0.39 is 27.3 Å². The lowest BCUT2D eigenvalue weighted by molar-refractivity contribution is 0.179. The Morgan fingerprint density at radius 2 is 1.68 bits per heavy atom. The predicted octanol–water partition coefficient (Wildman–Crippen LogP) is 0.804. The Morgan fingerprint density at radius 3 is 2.11 bits per heavy atom. The number of sulfonamides is 1. The molecule has 0 aliphatic heterocycles. The molecule has 1 unspecified atom stereocenters. The van der Waals surface area contributed by atoms with Crippen LogP contribution in [-0.4, -0.2) is 45.9 Å². The van der Waals surface area contributed by atoms with Crippen LogP contribution in [0.5, 0.6) is 0 Å². The third-order valence-corrected chi connectivity index (χ3v) is 5.96. The second kappa shape index (κ2) is 5.68. The molecule has 19 heavy (non-hydrogen) atoms. The van der Waals surface area contributed by atoms with E-state index in [1.165, 1.54) is 12.1 Å². The molecule has 0 aliphatic rings. The van der Waals surface area contributed by atoms with Crippen molar-refractivity contribution in [3.05, 3.63) is 29.8 Å². The number of carboxylic acid groups (broad SMARTS) is 1. The Kier molecular flexibility index (Phi) is 4.66. The fourth-order valence-corrected chi connectivity index (χ4v) is 3.67. The van der Waals surface area contributed by atoms with Gasteiger partial charge in [0, 0.05) is 14.1 Å². The summed E-state index contributed by atoms with van der Waals surface area (Å²) in [6.07, 6.45) is -1.48. The summed E-state index contributed by atoms with van der Waals surface area (Å²) in [5.74, 6) is 0. The summed E-state index contributed by atoms with van der Waals surface area (Å²) in [5, 5.41) is 8.69. The lowest BCUT2D eigenvalue weighted by Crippen LogP contribution is -2.40. The lowest BCUT2D eigenvalue weighted by Gasteiger charge is -2.20. The van der Waals surface area contributed by atoms with Crippen molar-refractivity contribution in [2.45, 2.75) is 11.8 Å². The highest BCUT2D eigenvalue weighted by Crippen LogP contribution is 2.17. The van der Waals surface area contributed by atoms with Crippen LogP contribution in [0.4, 0.5) is 4.79 Å². The highest BCUT2D eigenvalue weighted by molar-refractivity contribution is 8.00. The van der Waals surface area contributed by atoms with Crippen LogP contribution in [0.3, 0.4) is 0 Å². The Hall–Kier alpha value is -1.45. The average molecular weight is 306 g/mol. The molecule has 1 N–H and O–H groups in total. The summed E-state index contributed by atoms with van der Waals surface area (Å²) in [7, 11) is -1.92. The Labute approximate surface area is 114 Å². The molecule has 0 aromatic heterocycles. The van der Waals surface area contributed by atoms with Gasteiger partial charge in [0.25, 0.3) is 10.0 Å². The summed E-state index contributed by atoms with van der Waals surface area (Å²) >= 11 is -2.34. The highest BCUT2D eigenvalue weighted by atomic mass is 32.3. The van der Waals surface area contributed by atoms with Crippen LogP contribution >= 0.6 is 0 Å². The number of benzene rings is 1.